The van der Waals surface area contributed by atoms with Crippen molar-refractivity contribution in [3.63, 3.8) is 0 Å². The largest absolute Gasteiger partial charge is 0.458 e. The number of aliphatic hydroxyl groups excluding tert-OH is 2. The molecule has 2 aliphatic carbocycles. The quantitative estimate of drug-likeness (QED) is 0.451. The van der Waals surface area contributed by atoms with Gasteiger partial charge in [-0.05, 0) is 17.9 Å². The fraction of sp³-hybridized carbons (Fsp3) is 0.474. The molecule has 0 aromatic rings. The molecule has 6 heteroatoms. The van der Waals surface area contributed by atoms with E-state index in [4.69, 9.17) is 14.6 Å². The first-order valence-electron chi connectivity index (χ1n) is 8.20. The van der Waals surface area contributed by atoms with Crippen molar-refractivity contribution in [1.82, 2.24) is 0 Å². The van der Waals surface area contributed by atoms with Gasteiger partial charge >= 0.3 is 11.9 Å². The minimum atomic E-state index is -0.725. The second kappa shape index (κ2) is 6.28. The van der Waals surface area contributed by atoms with Gasteiger partial charge in [-0.3, -0.25) is 0 Å². The SMILES string of the molecule is C=C(CO)C(=O)O[C@@H]1CC(=C)[C@H]2C[C@@H](O)C(=C)[C@H]2[C@@H]2OC(=O)C(=C)[C@H]21. The van der Waals surface area contributed by atoms with E-state index in [0.29, 0.717) is 18.4 Å². The highest BCUT2D eigenvalue weighted by Crippen LogP contribution is 2.52. The average Bonchev–Trinajstić information content (AvgIpc) is 2.99. The lowest BCUT2D eigenvalue weighted by molar-refractivity contribution is -0.148. The Labute approximate surface area is 146 Å². The third kappa shape index (κ3) is 2.75. The van der Waals surface area contributed by atoms with Crippen molar-refractivity contribution in [3.8, 4) is 0 Å². The van der Waals surface area contributed by atoms with E-state index < -0.39 is 42.8 Å². The lowest BCUT2D eigenvalue weighted by Crippen LogP contribution is -2.36. The topological polar surface area (TPSA) is 93.1 Å². The molecule has 0 bridgehead atoms. The summed E-state index contributed by atoms with van der Waals surface area (Å²) in [5.74, 6) is -2.18. The Morgan fingerprint density at radius 1 is 1.28 bits per heavy atom. The molecule has 0 aromatic carbocycles. The van der Waals surface area contributed by atoms with Crippen LogP contribution in [0.2, 0.25) is 0 Å². The zero-order valence-corrected chi connectivity index (χ0v) is 13.9. The van der Waals surface area contributed by atoms with Crippen molar-refractivity contribution >= 4 is 11.9 Å². The van der Waals surface area contributed by atoms with Gasteiger partial charge in [-0.1, -0.05) is 31.9 Å². The lowest BCUT2D eigenvalue weighted by Gasteiger charge is -2.28. The van der Waals surface area contributed by atoms with Crippen LogP contribution in [0, 0.1) is 17.8 Å². The summed E-state index contributed by atoms with van der Waals surface area (Å²) in [5.41, 5.74) is 1.59. The smallest absolute Gasteiger partial charge is 0.336 e. The maximum Gasteiger partial charge on any atom is 0.336 e. The molecular weight excluding hydrogens is 324 g/mol. The normalized spacial score (nSPS) is 37.2. The molecule has 25 heavy (non-hydrogen) atoms. The number of carbonyl (C=O) groups is 2. The highest BCUT2D eigenvalue weighted by Gasteiger charge is 2.56. The first kappa shape index (κ1) is 17.6. The summed E-state index contributed by atoms with van der Waals surface area (Å²) in [6.45, 7) is 14.8. The van der Waals surface area contributed by atoms with E-state index in [1.165, 1.54) is 0 Å². The summed E-state index contributed by atoms with van der Waals surface area (Å²) >= 11 is 0. The van der Waals surface area contributed by atoms with Gasteiger partial charge in [0, 0.05) is 17.9 Å². The lowest BCUT2D eigenvalue weighted by atomic mass is 9.81. The highest BCUT2D eigenvalue weighted by molar-refractivity contribution is 5.92. The fourth-order valence-electron chi connectivity index (χ4n) is 4.16. The van der Waals surface area contributed by atoms with E-state index in [1.54, 1.807) is 0 Å². The third-order valence-electron chi connectivity index (χ3n) is 5.51. The molecule has 0 unspecified atom stereocenters. The van der Waals surface area contributed by atoms with Crippen LogP contribution in [0.15, 0.2) is 48.6 Å². The Balaban J connectivity index is 1.96. The predicted octanol–water partition coefficient (Wildman–Crippen LogP) is 1.06. The van der Waals surface area contributed by atoms with Gasteiger partial charge in [0.15, 0.2) is 0 Å². The Morgan fingerprint density at radius 3 is 2.60 bits per heavy atom. The van der Waals surface area contributed by atoms with Gasteiger partial charge in [0.2, 0.25) is 0 Å². The molecule has 6 atom stereocenters. The number of ether oxygens (including phenoxy) is 2. The zero-order chi connectivity index (χ0) is 18.5. The Kier molecular flexibility index (Phi) is 4.43. The summed E-state index contributed by atoms with van der Waals surface area (Å²) < 4.78 is 11.0. The number of aliphatic hydroxyl groups is 2. The molecule has 0 amide bonds. The molecule has 3 aliphatic rings. The van der Waals surface area contributed by atoms with Gasteiger partial charge < -0.3 is 19.7 Å². The van der Waals surface area contributed by atoms with E-state index >= 15 is 0 Å². The number of rotatable bonds is 3. The van der Waals surface area contributed by atoms with Gasteiger partial charge in [0.1, 0.15) is 12.2 Å². The molecule has 2 N–H and O–H groups in total. The summed E-state index contributed by atoms with van der Waals surface area (Å²) in [7, 11) is 0. The van der Waals surface area contributed by atoms with E-state index in [9.17, 15) is 14.7 Å². The van der Waals surface area contributed by atoms with Crippen molar-refractivity contribution in [3.05, 3.63) is 48.6 Å². The molecule has 134 valence electrons. The maximum atomic E-state index is 12.1. The molecule has 0 radical (unpaired) electrons. The number of fused-ring (bicyclic) bond motifs is 3. The van der Waals surface area contributed by atoms with Gasteiger partial charge in [-0.25, -0.2) is 9.59 Å². The van der Waals surface area contributed by atoms with Gasteiger partial charge in [0.25, 0.3) is 0 Å². The Hall–Kier alpha value is -2.18. The molecule has 3 rings (SSSR count). The Morgan fingerprint density at radius 2 is 1.96 bits per heavy atom. The number of hydrogen-bond acceptors (Lipinski definition) is 6. The highest BCUT2D eigenvalue weighted by atomic mass is 16.6. The van der Waals surface area contributed by atoms with Crippen LogP contribution < -0.4 is 0 Å². The summed E-state index contributed by atoms with van der Waals surface area (Å²) in [6.07, 6.45) is -1.19. The fourth-order valence-corrected chi connectivity index (χ4v) is 4.16. The van der Waals surface area contributed by atoms with E-state index in [2.05, 4.69) is 26.3 Å². The molecule has 1 saturated heterocycles. The first-order chi connectivity index (χ1) is 11.8. The van der Waals surface area contributed by atoms with Crippen molar-refractivity contribution in [2.75, 3.05) is 6.61 Å². The molecule has 6 nitrogen and oxygen atoms in total. The van der Waals surface area contributed by atoms with Gasteiger partial charge in [0.05, 0.1) is 24.2 Å². The second-order valence-corrected chi connectivity index (χ2v) is 6.95. The second-order valence-electron chi connectivity index (χ2n) is 6.95. The monoisotopic (exact) mass is 346 g/mol. The Bertz CT molecular complexity index is 690. The van der Waals surface area contributed by atoms with Crippen molar-refractivity contribution in [2.45, 2.75) is 31.2 Å². The molecule has 1 heterocycles. The van der Waals surface area contributed by atoms with Crippen molar-refractivity contribution < 1.29 is 29.3 Å². The van der Waals surface area contributed by atoms with Crippen LogP contribution in [0.5, 0.6) is 0 Å². The number of carbonyl (C=O) groups excluding carboxylic acids is 2. The van der Waals surface area contributed by atoms with E-state index in [-0.39, 0.29) is 23.0 Å². The molecule has 0 aromatic heterocycles. The number of hydrogen-bond donors (Lipinski definition) is 2. The van der Waals surface area contributed by atoms with Crippen LogP contribution in [-0.4, -0.2) is 47.1 Å². The molecule has 0 spiro atoms. The van der Waals surface area contributed by atoms with Crippen LogP contribution in [0.4, 0.5) is 0 Å². The summed E-state index contributed by atoms with van der Waals surface area (Å²) in [6, 6.07) is 0. The molecule has 1 aliphatic heterocycles. The first-order valence-corrected chi connectivity index (χ1v) is 8.20. The molecule has 3 fully saturated rings. The van der Waals surface area contributed by atoms with Crippen molar-refractivity contribution in [1.29, 1.82) is 0 Å². The van der Waals surface area contributed by atoms with Crippen LogP contribution >= 0.6 is 0 Å². The zero-order valence-electron chi connectivity index (χ0n) is 13.9. The summed E-state index contributed by atoms with van der Waals surface area (Å²) in [4.78, 5) is 24.2. The van der Waals surface area contributed by atoms with E-state index in [1.807, 2.05) is 0 Å². The van der Waals surface area contributed by atoms with Gasteiger partial charge in [-0.15, -0.1) is 0 Å². The average molecular weight is 346 g/mol. The standard InChI is InChI=1S/C19H22O6/c1-8-5-14(24-18(22)9(2)7-20)16-11(4)19(23)25-17(16)15-10(3)13(21)6-12(8)15/h12-17,20-21H,1-7H2/t12-,13-,14-,15-,16+,17+/m1/s1. The third-order valence-corrected chi connectivity index (χ3v) is 5.51. The van der Waals surface area contributed by atoms with Crippen molar-refractivity contribution in [2.24, 2.45) is 17.8 Å². The van der Waals surface area contributed by atoms with Crippen LogP contribution in [0.25, 0.3) is 0 Å². The minimum absolute atomic E-state index is 0.0673. The predicted molar refractivity (Wildman–Crippen MR) is 89.1 cm³/mol. The number of esters is 2. The van der Waals surface area contributed by atoms with Crippen LogP contribution in [-0.2, 0) is 19.1 Å². The van der Waals surface area contributed by atoms with Crippen LogP contribution in [0.1, 0.15) is 12.8 Å². The van der Waals surface area contributed by atoms with E-state index in [0.717, 1.165) is 5.57 Å². The summed E-state index contributed by atoms with van der Waals surface area (Å²) in [5, 5.41) is 19.2. The van der Waals surface area contributed by atoms with Gasteiger partial charge in [-0.2, -0.15) is 0 Å². The van der Waals surface area contributed by atoms with Crippen LogP contribution in [0.3, 0.4) is 0 Å². The minimum Gasteiger partial charge on any atom is -0.458 e. The molecule has 2 saturated carbocycles. The maximum absolute atomic E-state index is 12.1. The molecular formula is C19H22O6.